The molecule has 0 aromatic rings. The van der Waals surface area contributed by atoms with Gasteiger partial charge in [-0.2, -0.15) is 5.26 Å². The lowest BCUT2D eigenvalue weighted by atomic mass is 9.62. The van der Waals surface area contributed by atoms with Crippen molar-refractivity contribution in [2.75, 3.05) is 13.2 Å². The molecule has 1 saturated heterocycles. The SMILES string of the molecule is CC(C)CC(O)(CC(C)C)C1(C#N)CCOCC1. The Bertz CT molecular complexity index is 288. The molecule has 1 fully saturated rings. The quantitative estimate of drug-likeness (QED) is 0.819. The molecule has 18 heavy (non-hydrogen) atoms. The maximum Gasteiger partial charge on any atom is 0.0904 e. The molecule has 0 unspecified atom stereocenters. The first-order chi connectivity index (χ1) is 8.35. The van der Waals surface area contributed by atoms with E-state index in [1.807, 2.05) is 0 Å². The van der Waals surface area contributed by atoms with Gasteiger partial charge < -0.3 is 9.84 Å². The van der Waals surface area contributed by atoms with E-state index in [0.717, 1.165) is 0 Å². The largest absolute Gasteiger partial charge is 0.388 e. The standard InChI is InChI=1S/C15H27NO2/c1-12(2)9-15(17,10-13(3)4)14(11-16)5-7-18-8-6-14/h12-13,17H,5-10H2,1-4H3. The molecule has 1 rings (SSSR count). The summed E-state index contributed by atoms with van der Waals surface area (Å²) < 4.78 is 5.37. The Morgan fingerprint density at radius 1 is 1.17 bits per heavy atom. The van der Waals surface area contributed by atoms with Gasteiger partial charge in [0.1, 0.15) is 0 Å². The zero-order chi connectivity index (χ0) is 13.8. The molecular formula is C15H27NO2. The molecule has 0 saturated carbocycles. The van der Waals surface area contributed by atoms with E-state index in [1.165, 1.54) is 0 Å². The molecule has 0 aromatic heterocycles. The number of aliphatic hydroxyl groups is 1. The van der Waals surface area contributed by atoms with Crippen LogP contribution in [0.5, 0.6) is 0 Å². The summed E-state index contributed by atoms with van der Waals surface area (Å²) in [6.45, 7) is 9.61. The Morgan fingerprint density at radius 2 is 1.61 bits per heavy atom. The highest BCUT2D eigenvalue weighted by atomic mass is 16.5. The first-order valence-corrected chi connectivity index (χ1v) is 7.06. The molecule has 104 valence electrons. The van der Waals surface area contributed by atoms with E-state index in [2.05, 4.69) is 33.8 Å². The minimum absolute atomic E-state index is 0.391. The smallest absolute Gasteiger partial charge is 0.0904 e. The third kappa shape index (κ3) is 3.24. The first kappa shape index (κ1) is 15.5. The van der Waals surface area contributed by atoms with Gasteiger partial charge in [-0.3, -0.25) is 0 Å². The summed E-state index contributed by atoms with van der Waals surface area (Å²) in [6, 6.07) is 2.44. The van der Waals surface area contributed by atoms with Crippen LogP contribution < -0.4 is 0 Å². The maximum absolute atomic E-state index is 11.1. The normalized spacial score (nSPS) is 20.1. The van der Waals surface area contributed by atoms with Crippen LogP contribution in [0.2, 0.25) is 0 Å². The zero-order valence-corrected chi connectivity index (χ0v) is 12.2. The minimum Gasteiger partial charge on any atom is -0.388 e. The van der Waals surface area contributed by atoms with Crippen LogP contribution in [0, 0.1) is 28.6 Å². The zero-order valence-electron chi connectivity index (χ0n) is 12.2. The van der Waals surface area contributed by atoms with Crippen molar-refractivity contribution >= 4 is 0 Å². The van der Waals surface area contributed by atoms with Crippen molar-refractivity contribution < 1.29 is 9.84 Å². The van der Waals surface area contributed by atoms with E-state index in [4.69, 9.17) is 4.74 Å². The maximum atomic E-state index is 11.1. The molecule has 0 spiro atoms. The third-order valence-electron chi connectivity index (χ3n) is 3.94. The molecule has 1 heterocycles. The summed E-state index contributed by atoms with van der Waals surface area (Å²) in [5.41, 5.74) is -1.51. The van der Waals surface area contributed by atoms with E-state index >= 15 is 0 Å². The molecule has 0 aliphatic carbocycles. The average molecular weight is 253 g/mol. The Morgan fingerprint density at radius 3 is 1.94 bits per heavy atom. The van der Waals surface area contributed by atoms with Gasteiger partial charge in [0.05, 0.1) is 17.1 Å². The minimum atomic E-state index is -0.881. The highest BCUT2D eigenvalue weighted by Gasteiger charge is 2.51. The van der Waals surface area contributed by atoms with Crippen LogP contribution in [-0.4, -0.2) is 23.9 Å². The fraction of sp³-hybridized carbons (Fsp3) is 0.933. The van der Waals surface area contributed by atoms with Gasteiger partial charge in [0.15, 0.2) is 0 Å². The van der Waals surface area contributed by atoms with E-state index in [-0.39, 0.29) is 0 Å². The van der Waals surface area contributed by atoms with Crippen LogP contribution in [0.15, 0.2) is 0 Å². The fourth-order valence-corrected chi connectivity index (χ4v) is 3.23. The number of rotatable bonds is 5. The van der Waals surface area contributed by atoms with Crippen LogP contribution in [0.3, 0.4) is 0 Å². The summed E-state index contributed by atoms with van der Waals surface area (Å²) in [5.74, 6) is 0.781. The molecule has 0 amide bonds. The lowest BCUT2D eigenvalue weighted by Crippen LogP contribution is -2.52. The van der Waals surface area contributed by atoms with Gasteiger partial charge in [0.2, 0.25) is 0 Å². The highest BCUT2D eigenvalue weighted by Crippen LogP contribution is 2.47. The van der Waals surface area contributed by atoms with Crippen LogP contribution in [-0.2, 0) is 4.74 Å². The van der Waals surface area contributed by atoms with Gasteiger partial charge in [-0.05, 0) is 37.5 Å². The van der Waals surface area contributed by atoms with Crippen molar-refractivity contribution in [3.05, 3.63) is 0 Å². The van der Waals surface area contributed by atoms with E-state index < -0.39 is 11.0 Å². The second kappa shape index (κ2) is 6.04. The number of hydrogen-bond donors (Lipinski definition) is 1. The lowest BCUT2D eigenvalue weighted by Gasteiger charge is -2.46. The van der Waals surface area contributed by atoms with Gasteiger partial charge in [-0.1, -0.05) is 27.7 Å². The lowest BCUT2D eigenvalue weighted by molar-refractivity contribution is -0.124. The second-order valence-corrected chi connectivity index (χ2v) is 6.53. The summed E-state index contributed by atoms with van der Waals surface area (Å²) in [6.07, 6.45) is 2.69. The van der Waals surface area contributed by atoms with Crippen molar-refractivity contribution in [3.8, 4) is 6.07 Å². The van der Waals surface area contributed by atoms with Crippen molar-refractivity contribution in [3.63, 3.8) is 0 Å². The summed E-state index contributed by atoms with van der Waals surface area (Å²) >= 11 is 0. The van der Waals surface area contributed by atoms with Crippen molar-refractivity contribution in [2.24, 2.45) is 17.3 Å². The molecule has 1 aliphatic heterocycles. The fourth-order valence-electron chi connectivity index (χ4n) is 3.23. The average Bonchev–Trinajstić information content (AvgIpc) is 2.27. The predicted molar refractivity (Wildman–Crippen MR) is 72.0 cm³/mol. The van der Waals surface area contributed by atoms with E-state index in [1.54, 1.807) is 0 Å². The number of hydrogen-bond acceptors (Lipinski definition) is 3. The van der Waals surface area contributed by atoms with Crippen molar-refractivity contribution in [1.29, 1.82) is 5.26 Å². The molecule has 0 radical (unpaired) electrons. The van der Waals surface area contributed by atoms with Crippen molar-refractivity contribution in [2.45, 2.75) is 59.0 Å². The number of nitrogens with zero attached hydrogens (tertiary/aromatic N) is 1. The first-order valence-electron chi connectivity index (χ1n) is 7.06. The summed E-state index contributed by atoms with van der Waals surface area (Å²) in [5, 5.41) is 20.8. The topological polar surface area (TPSA) is 53.2 Å². The van der Waals surface area contributed by atoms with Gasteiger partial charge in [-0.25, -0.2) is 0 Å². The Hall–Kier alpha value is -0.590. The molecule has 0 bridgehead atoms. The van der Waals surface area contributed by atoms with Gasteiger partial charge in [-0.15, -0.1) is 0 Å². The highest BCUT2D eigenvalue weighted by molar-refractivity contribution is 5.12. The molecule has 0 aromatic carbocycles. The number of nitriles is 1. The third-order valence-corrected chi connectivity index (χ3v) is 3.94. The Balaban J connectivity index is 3.02. The Kier molecular flexibility index (Phi) is 5.19. The van der Waals surface area contributed by atoms with Crippen LogP contribution >= 0.6 is 0 Å². The molecule has 3 nitrogen and oxygen atoms in total. The van der Waals surface area contributed by atoms with Crippen LogP contribution in [0.4, 0.5) is 0 Å². The van der Waals surface area contributed by atoms with Crippen LogP contribution in [0.1, 0.15) is 53.4 Å². The van der Waals surface area contributed by atoms with Crippen molar-refractivity contribution in [1.82, 2.24) is 0 Å². The molecule has 3 heteroatoms. The van der Waals surface area contributed by atoms with E-state index in [0.29, 0.717) is 50.7 Å². The Labute approximate surface area is 111 Å². The van der Waals surface area contributed by atoms with E-state index in [9.17, 15) is 10.4 Å². The summed E-state index contributed by atoms with van der Waals surface area (Å²) in [4.78, 5) is 0. The predicted octanol–water partition coefficient (Wildman–Crippen LogP) is 3.13. The molecule has 0 atom stereocenters. The monoisotopic (exact) mass is 253 g/mol. The van der Waals surface area contributed by atoms with Gasteiger partial charge in [0, 0.05) is 13.2 Å². The van der Waals surface area contributed by atoms with Crippen LogP contribution in [0.25, 0.3) is 0 Å². The van der Waals surface area contributed by atoms with Gasteiger partial charge in [0.25, 0.3) is 0 Å². The second-order valence-electron chi connectivity index (χ2n) is 6.53. The molecular weight excluding hydrogens is 226 g/mol. The molecule has 1 aliphatic rings. The van der Waals surface area contributed by atoms with Gasteiger partial charge >= 0.3 is 0 Å². The number of ether oxygens (including phenoxy) is 1. The summed E-state index contributed by atoms with van der Waals surface area (Å²) in [7, 11) is 0. The molecule has 1 N–H and O–H groups in total.